The van der Waals surface area contributed by atoms with E-state index in [1.54, 1.807) is 50.6 Å². The predicted octanol–water partition coefficient (Wildman–Crippen LogP) is 3.38. The molecule has 1 amide bonds. The molecule has 1 aromatic heterocycles. The van der Waals surface area contributed by atoms with Gasteiger partial charge in [-0.05, 0) is 51.8 Å². The topological polar surface area (TPSA) is 75.5 Å². The minimum atomic E-state index is -0.162. The van der Waals surface area contributed by atoms with Crippen LogP contribution in [-0.2, 0) is 4.79 Å². The van der Waals surface area contributed by atoms with Crippen LogP contribution in [0.3, 0.4) is 0 Å². The monoisotopic (exact) mass is 415 g/mol. The molecule has 0 aliphatic heterocycles. The Bertz CT molecular complexity index is 858. The van der Waals surface area contributed by atoms with E-state index in [2.05, 4.69) is 27.0 Å². The van der Waals surface area contributed by atoms with Gasteiger partial charge in [-0.1, -0.05) is 6.07 Å². The number of benzene rings is 1. The van der Waals surface area contributed by atoms with Gasteiger partial charge < -0.3 is 14.4 Å². The molecule has 0 saturated carbocycles. The molecule has 0 radical (unpaired) electrons. The zero-order valence-corrected chi connectivity index (χ0v) is 16.3. The highest BCUT2D eigenvalue weighted by Gasteiger charge is 2.14. The lowest BCUT2D eigenvalue weighted by Gasteiger charge is -2.15. The summed E-state index contributed by atoms with van der Waals surface area (Å²) in [6.07, 6.45) is 3.35. The van der Waals surface area contributed by atoms with Crippen molar-refractivity contribution in [3.8, 4) is 17.6 Å². The molecular formula is C19H18BrN3O3. The van der Waals surface area contributed by atoms with Gasteiger partial charge in [-0.15, -0.1) is 0 Å². The van der Waals surface area contributed by atoms with Gasteiger partial charge in [-0.3, -0.25) is 9.78 Å². The summed E-state index contributed by atoms with van der Waals surface area (Å²) >= 11 is 3.44. The van der Waals surface area contributed by atoms with Gasteiger partial charge in [0.1, 0.15) is 6.07 Å². The Balaban J connectivity index is 2.35. The van der Waals surface area contributed by atoms with Gasteiger partial charge in [0.15, 0.2) is 18.1 Å². The average molecular weight is 416 g/mol. The average Bonchev–Trinajstić information content (AvgIpc) is 2.65. The van der Waals surface area contributed by atoms with Crippen molar-refractivity contribution in [3.05, 3.63) is 52.3 Å². The number of nitrogens with zero attached hydrogens (tertiary/aromatic N) is 3. The summed E-state index contributed by atoms with van der Waals surface area (Å²) in [5.41, 5.74) is 1.75. The predicted molar refractivity (Wildman–Crippen MR) is 103 cm³/mol. The molecule has 0 unspecified atom stereocenters. The Morgan fingerprint density at radius 1 is 1.38 bits per heavy atom. The molecule has 0 fully saturated rings. The Kier molecular flexibility index (Phi) is 6.75. The first-order valence-corrected chi connectivity index (χ1v) is 8.49. The van der Waals surface area contributed by atoms with Crippen LogP contribution < -0.4 is 9.47 Å². The van der Waals surface area contributed by atoms with E-state index in [4.69, 9.17) is 9.47 Å². The van der Waals surface area contributed by atoms with Crippen molar-refractivity contribution in [1.29, 1.82) is 5.26 Å². The molecule has 1 aromatic carbocycles. The van der Waals surface area contributed by atoms with Crippen molar-refractivity contribution >= 4 is 33.5 Å². The van der Waals surface area contributed by atoms with E-state index in [0.717, 1.165) is 5.56 Å². The van der Waals surface area contributed by atoms with E-state index in [1.807, 2.05) is 6.07 Å². The zero-order chi connectivity index (χ0) is 19.1. The fourth-order valence-corrected chi connectivity index (χ4v) is 2.65. The Hall–Kier alpha value is -2.85. The molecule has 0 spiro atoms. The highest BCUT2D eigenvalue weighted by molar-refractivity contribution is 9.10. The number of hydrogen-bond donors (Lipinski definition) is 0. The van der Waals surface area contributed by atoms with Crippen molar-refractivity contribution in [2.45, 2.75) is 0 Å². The fraction of sp³-hybridized carbons (Fsp3) is 0.211. The van der Waals surface area contributed by atoms with E-state index in [1.165, 1.54) is 12.0 Å². The quantitative estimate of drug-likeness (QED) is 0.675. The number of aromatic nitrogens is 1. The maximum Gasteiger partial charge on any atom is 0.259 e. The summed E-state index contributed by atoms with van der Waals surface area (Å²) < 4.78 is 11.6. The largest absolute Gasteiger partial charge is 0.493 e. The number of amides is 1. The maximum absolute atomic E-state index is 11.7. The summed E-state index contributed by atoms with van der Waals surface area (Å²) in [6.45, 7) is -0.103. The van der Waals surface area contributed by atoms with Gasteiger partial charge >= 0.3 is 0 Å². The molecule has 0 saturated heterocycles. The molecule has 2 rings (SSSR count). The number of pyridine rings is 1. The second-order valence-electron chi connectivity index (χ2n) is 5.50. The third-order valence-corrected chi connectivity index (χ3v) is 4.05. The van der Waals surface area contributed by atoms with Gasteiger partial charge in [-0.25, -0.2) is 0 Å². The fourth-order valence-electron chi connectivity index (χ4n) is 2.08. The van der Waals surface area contributed by atoms with Gasteiger partial charge in [0, 0.05) is 20.3 Å². The van der Waals surface area contributed by atoms with E-state index in [-0.39, 0.29) is 12.5 Å². The van der Waals surface area contributed by atoms with Crippen LogP contribution in [0.5, 0.6) is 11.5 Å². The Morgan fingerprint density at radius 2 is 2.15 bits per heavy atom. The zero-order valence-electron chi connectivity index (χ0n) is 14.7. The van der Waals surface area contributed by atoms with Crippen LogP contribution >= 0.6 is 15.9 Å². The molecule has 2 aromatic rings. The van der Waals surface area contributed by atoms with Gasteiger partial charge in [0.05, 0.1) is 22.8 Å². The van der Waals surface area contributed by atoms with Crippen LogP contribution in [-0.4, -0.2) is 43.6 Å². The number of nitriles is 1. The molecule has 0 atom stereocenters. The van der Waals surface area contributed by atoms with Crippen LogP contribution in [0.15, 0.2) is 41.0 Å². The third kappa shape index (κ3) is 4.83. The number of allylic oxidation sites excluding steroid dienone is 1. The van der Waals surface area contributed by atoms with Gasteiger partial charge in [0.25, 0.3) is 5.91 Å². The number of rotatable bonds is 6. The summed E-state index contributed by atoms with van der Waals surface area (Å²) in [6, 6.07) is 11.1. The van der Waals surface area contributed by atoms with E-state index in [9.17, 15) is 10.1 Å². The normalized spacial score (nSPS) is 10.8. The molecule has 0 bridgehead atoms. The second kappa shape index (κ2) is 9.02. The minimum absolute atomic E-state index is 0.103. The standard InChI is InChI=1S/C19H18BrN3O3/c1-23(2)18(24)12-26-19-15(20)9-13(10-17(19)25-3)8-14(11-21)16-6-4-5-7-22-16/h4-10H,12H2,1-3H3/b14-8+. The first-order valence-electron chi connectivity index (χ1n) is 7.70. The van der Waals surface area contributed by atoms with Crippen molar-refractivity contribution < 1.29 is 14.3 Å². The summed E-state index contributed by atoms with van der Waals surface area (Å²) in [7, 11) is 4.83. The molecule has 134 valence electrons. The van der Waals surface area contributed by atoms with Crippen LogP contribution in [0.2, 0.25) is 0 Å². The minimum Gasteiger partial charge on any atom is -0.493 e. The maximum atomic E-state index is 11.7. The van der Waals surface area contributed by atoms with Crippen LogP contribution in [0.4, 0.5) is 0 Å². The van der Waals surface area contributed by atoms with Gasteiger partial charge in [-0.2, -0.15) is 5.26 Å². The molecule has 0 aliphatic carbocycles. The summed E-state index contributed by atoms with van der Waals surface area (Å²) in [5, 5.41) is 9.42. The highest BCUT2D eigenvalue weighted by atomic mass is 79.9. The smallest absolute Gasteiger partial charge is 0.259 e. The highest BCUT2D eigenvalue weighted by Crippen LogP contribution is 2.37. The molecule has 7 heteroatoms. The lowest BCUT2D eigenvalue weighted by molar-refractivity contribution is -0.130. The van der Waals surface area contributed by atoms with E-state index >= 15 is 0 Å². The molecule has 0 aliphatic rings. The summed E-state index contributed by atoms with van der Waals surface area (Å²) in [4.78, 5) is 17.4. The Labute approximate surface area is 160 Å². The first kappa shape index (κ1) is 19.5. The van der Waals surface area contributed by atoms with Crippen LogP contribution in [0.1, 0.15) is 11.3 Å². The number of hydrogen-bond acceptors (Lipinski definition) is 5. The van der Waals surface area contributed by atoms with Crippen molar-refractivity contribution in [1.82, 2.24) is 9.88 Å². The van der Waals surface area contributed by atoms with E-state index < -0.39 is 0 Å². The second-order valence-corrected chi connectivity index (χ2v) is 6.35. The number of halogens is 1. The number of methoxy groups -OCH3 is 1. The van der Waals surface area contributed by atoms with Crippen molar-refractivity contribution in [2.24, 2.45) is 0 Å². The lowest BCUT2D eigenvalue weighted by Crippen LogP contribution is -2.27. The van der Waals surface area contributed by atoms with Crippen molar-refractivity contribution in [2.75, 3.05) is 27.8 Å². The van der Waals surface area contributed by atoms with Gasteiger partial charge in [0.2, 0.25) is 0 Å². The number of likely N-dealkylation sites (N-methyl/N-ethyl adjacent to an activating group) is 1. The number of carbonyl (C=O) groups is 1. The third-order valence-electron chi connectivity index (χ3n) is 3.46. The van der Waals surface area contributed by atoms with Crippen molar-refractivity contribution in [3.63, 3.8) is 0 Å². The SMILES string of the molecule is COc1cc(/C=C(\C#N)c2ccccn2)cc(Br)c1OCC(=O)N(C)C. The molecular weight excluding hydrogens is 398 g/mol. The number of carbonyl (C=O) groups excluding carboxylic acids is 1. The lowest BCUT2D eigenvalue weighted by atomic mass is 10.1. The first-order chi connectivity index (χ1) is 12.5. The Morgan fingerprint density at radius 3 is 2.73 bits per heavy atom. The van der Waals surface area contributed by atoms with Crippen LogP contribution in [0, 0.1) is 11.3 Å². The van der Waals surface area contributed by atoms with Crippen LogP contribution in [0.25, 0.3) is 11.6 Å². The van der Waals surface area contributed by atoms with E-state index in [0.29, 0.717) is 27.2 Å². The number of ether oxygens (including phenoxy) is 2. The summed E-state index contributed by atoms with van der Waals surface area (Å²) in [5.74, 6) is 0.719. The molecule has 6 nitrogen and oxygen atoms in total. The molecule has 0 N–H and O–H groups in total. The molecule has 26 heavy (non-hydrogen) atoms. The molecule has 1 heterocycles.